The fourth-order valence-corrected chi connectivity index (χ4v) is 3.94. The largest absolute Gasteiger partial charge is 0.481 e. The van der Waals surface area contributed by atoms with E-state index in [0.717, 1.165) is 89.9 Å². The number of rotatable bonds is 25. The Labute approximate surface area is 222 Å². The monoisotopic (exact) mass is 502 g/mol. The molecule has 0 aliphatic heterocycles. The van der Waals surface area contributed by atoms with Crippen LogP contribution in [0.1, 0.15) is 136 Å². The number of esters is 1. The van der Waals surface area contributed by atoms with Crippen LogP contribution >= 0.6 is 0 Å². The summed E-state index contributed by atoms with van der Waals surface area (Å²) in [6, 6.07) is 0. The molecule has 0 radical (unpaired) electrons. The van der Waals surface area contributed by atoms with Crippen molar-refractivity contribution >= 4 is 11.9 Å². The molecule has 206 valence electrons. The molecule has 0 saturated carbocycles. The molecule has 0 bridgehead atoms. The number of hydrogen-bond acceptors (Lipinski definition) is 3. The van der Waals surface area contributed by atoms with Crippen molar-refractivity contribution in [3.8, 4) is 0 Å². The Morgan fingerprint density at radius 2 is 1.17 bits per heavy atom. The second-order valence-corrected chi connectivity index (χ2v) is 9.55. The quantitative estimate of drug-likeness (QED) is 0.0766. The number of allylic oxidation sites excluding steroid dienone is 8. The summed E-state index contributed by atoms with van der Waals surface area (Å²) in [5.41, 5.74) is 0. The van der Waals surface area contributed by atoms with Crippen LogP contribution in [-0.4, -0.2) is 23.1 Å². The molecule has 0 amide bonds. The molecule has 36 heavy (non-hydrogen) atoms. The van der Waals surface area contributed by atoms with Crippen LogP contribution in [0.25, 0.3) is 0 Å². The Bertz CT molecular complexity index is 630. The van der Waals surface area contributed by atoms with E-state index >= 15 is 0 Å². The SMILES string of the molecule is CC/C=C\C/C=C\C/C=C\C/C=C\CCC(CCCCCCCC(=O)O)OC(=O)CCCCCCC. The van der Waals surface area contributed by atoms with Gasteiger partial charge in [0.15, 0.2) is 0 Å². The molecule has 0 aromatic carbocycles. The lowest BCUT2D eigenvalue weighted by Gasteiger charge is -2.17. The topological polar surface area (TPSA) is 63.6 Å². The van der Waals surface area contributed by atoms with Gasteiger partial charge in [0.25, 0.3) is 0 Å². The van der Waals surface area contributed by atoms with Crippen molar-refractivity contribution in [2.45, 2.75) is 142 Å². The molecule has 0 heterocycles. The molecule has 1 unspecified atom stereocenters. The van der Waals surface area contributed by atoms with Crippen molar-refractivity contribution in [3.63, 3.8) is 0 Å². The van der Waals surface area contributed by atoms with E-state index in [1.54, 1.807) is 0 Å². The Morgan fingerprint density at radius 3 is 1.78 bits per heavy atom. The van der Waals surface area contributed by atoms with Crippen LogP contribution in [0, 0.1) is 0 Å². The number of carboxylic acids is 1. The van der Waals surface area contributed by atoms with Gasteiger partial charge in [-0.3, -0.25) is 9.59 Å². The second kappa shape index (κ2) is 27.5. The summed E-state index contributed by atoms with van der Waals surface area (Å²) in [7, 11) is 0. The van der Waals surface area contributed by atoms with Crippen LogP contribution < -0.4 is 0 Å². The first-order valence-corrected chi connectivity index (χ1v) is 14.6. The van der Waals surface area contributed by atoms with E-state index in [9.17, 15) is 9.59 Å². The molecule has 0 aliphatic rings. The van der Waals surface area contributed by atoms with Crippen LogP contribution in [-0.2, 0) is 14.3 Å². The minimum Gasteiger partial charge on any atom is -0.481 e. The molecule has 0 aromatic rings. The first-order chi connectivity index (χ1) is 17.6. The van der Waals surface area contributed by atoms with E-state index in [1.165, 1.54) is 19.3 Å². The highest BCUT2D eigenvalue weighted by Gasteiger charge is 2.13. The van der Waals surface area contributed by atoms with Crippen molar-refractivity contribution in [2.75, 3.05) is 0 Å². The average Bonchev–Trinajstić information content (AvgIpc) is 2.85. The fourth-order valence-electron chi connectivity index (χ4n) is 3.94. The molecular formula is C32H54O4. The molecule has 0 spiro atoms. The predicted octanol–water partition coefficient (Wildman–Crippen LogP) is 9.66. The maximum atomic E-state index is 12.3. The summed E-state index contributed by atoms with van der Waals surface area (Å²) < 4.78 is 5.85. The number of ether oxygens (including phenoxy) is 1. The normalized spacial score (nSPS) is 12.9. The van der Waals surface area contributed by atoms with E-state index in [1.807, 2.05) is 0 Å². The van der Waals surface area contributed by atoms with Crippen LogP contribution in [0.2, 0.25) is 0 Å². The fraction of sp³-hybridized carbons (Fsp3) is 0.688. The van der Waals surface area contributed by atoms with Gasteiger partial charge in [0, 0.05) is 12.8 Å². The maximum Gasteiger partial charge on any atom is 0.306 e. The number of hydrogen-bond donors (Lipinski definition) is 1. The van der Waals surface area contributed by atoms with Crippen molar-refractivity contribution in [3.05, 3.63) is 48.6 Å². The van der Waals surface area contributed by atoms with Gasteiger partial charge in [0.1, 0.15) is 6.10 Å². The van der Waals surface area contributed by atoms with E-state index < -0.39 is 5.97 Å². The summed E-state index contributed by atoms with van der Waals surface area (Å²) in [6.45, 7) is 4.34. The van der Waals surface area contributed by atoms with Gasteiger partial charge in [-0.25, -0.2) is 0 Å². The smallest absolute Gasteiger partial charge is 0.306 e. The lowest BCUT2D eigenvalue weighted by atomic mass is 10.0. The summed E-state index contributed by atoms with van der Waals surface area (Å²) >= 11 is 0. The third-order valence-corrected chi connectivity index (χ3v) is 6.07. The third-order valence-electron chi connectivity index (χ3n) is 6.07. The first-order valence-electron chi connectivity index (χ1n) is 14.6. The standard InChI is InChI=1S/C32H54O4/c1-3-5-7-9-10-11-12-13-14-15-16-19-22-26-30(27-23-20-17-21-24-28-31(33)34)36-32(35)29-25-18-8-6-4-2/h5,7,10-11,13-14,16,19,30H,3-4,6,8-9,12,15,17-18,20-29H2,1-2H3,(H,33,34)/b7-5-,11-10-,14-13-,19-16-. The van der Waals surface area contributed by atoms with E-state index in [0.29, 0.717) is 6.42 Å². The minimum absolute atomic E-state index is 0.0146. The Hall–Kier alpha value is -2.10. The van der Waals surface area contributed by atoms with Gasteiger partial charge in [-0.05, 0) is 64.2 Å². The van der Waals surface area contributed by atoms with Gasteiger partial charge >= 0.3 is 11.9 Å². The van der Waals surface area contributed by atoms with Gasteiger partial charge < -0.3 is 9.84 Å². The summed E-state index contributed by atoms with van der Waals surface area (Å²) in [4.78, 5) is 23.0. The van der Waals surface area contributed by atoms with E-state index in [2.05, 4.69) is 62.5 Å². The third kappa shape index (κ3) is 26.5. The highest BCUT2D eigenvalue weighted by Crippen LogP contribution is 2.16. The van der Waals surface area contributed by atoms with E-state index in [-0.39, 0.29) is 18.5 Å². The molecule has 4 nitrogen and oxygen atoms in total. The lowest BCUT2D eigenvalue weighted by Crippen LogP contribution is -2.18. The van der Waals surface area contributed by atoms with Crippen LogP contribution in [0.3, 0.4) is 0 Å². The first kappa shape index (κ1) is 33.9. The van der Waals surface area contributed by atoms with Crippen molar-refractivity contribution in [1.82, 2.24) is 0 Å². The van der Waals surface area contributed by atoms with Gasteiger partial charge in [-0.2, -0.15) is 0 Å². The number of carbonyl (C=O) groups excluding carboxylic acids is 1. The van der Waals surface area contributed by atoms with Gasteiger partial charge in [0.05, 0.1) is 0 Å². The summed E-state index contributed by atoms with van der Waals surface area (Å²) in [6.07, 6.45) is 35.6. The molecule has 0 rings (SSSR count). The predicted molar refractivity (Wildman–Crippen MR) is 153 cm³/mol. The van der Waals surface area contributed by atoms with Crippen LogP contribution in [0.5, 0.6) is 0 Å². The van der Waals surface area contributed by atoms with Crippen LogP contribution in [0.15, 0.2) is 48.6 Å². The highest BCUT2D eigenvalue weighted by atomic mass is 16.5. The Morgan fingerprint density at radius 1 is 0.639 bits per heavy atom. The molecule has 0 saturated heterocycles. The molecule has 1 N–H and O–H groups in total. The average molecular weight is 503 g/mol. The van der Waals surface area contributed by atoms with Crippen molar-refractivity contribution < 1.29 is 19.4 Å². The zero-order valence-corrected chi connectivity index (χ0v) is 23.3. The molecule has 1 atom stereocenters. The van der Waals surface area contributed by atoms with Crippen LogP contribution in [0.4, 0.5) is 0 Å². The Balaban J connectivity index is 4.24. The maximum absolute atomic E-state index is 12.3. The molecule has 0 aromatic heterocycles. The van der Waals surface area contributed by atoms with Gasteiger partial charge in [-0.15, -0.1) is 0 Å². The summed E-state index contributed by atoms with van der Waals surface area (Å²) in [5, 5.41) is 8.73. The Kier molecular flexibility index (Phi) is 25.9. The number of aliphatic carboxylic acids is 1. The highest BCUT2D eigenvalue weighted by molar-refractivity contribution is 5.69. The number of carboxylic acid groups (broad SMARTS) is 1. The number of unbranched alkanes of at least 4 members (excludes halogenated alkanes) is 8. The second-order valence-electron chi connectivity index (χ2n) is 9.55. The zero-order chi connectivity index (χ0) is 26.5. The van der Waals surface area contributed by atoms with Gasteiger partial charge in [0.2, 0.25) is 0 Å². The minimum atomic E-state index is -0.715. The molecule has 0 aliphatic carbocycles. The summed E-state index contributed by atoms with van der Waals surface area (Å²) in [5.74, 6) is -0.768. The lowest BCUT2D eigenvalue weighted by molar-refractivity contribution is -0.150. The van der Waals surface area contributed by atoms with Gasteiger partial charge in [-0.1, -0.05) is 107 Å². The van der Waals surface area contributed by atoms with Crippen molar-refractivity contribution in [1.29, 1.82) is 0 Å². The molecule has 0 fully saturated rings. The molecule has 4 heteroatoms. The molecular weight excluding hydrogens is 448 g/mol. The van der Waals surface area contributed by atoms with Crippen molar-refractivity contribution in [2.24, 2.45) is 0 Å². The number of carbonyl (C=O) groups is 2. The van der Waals surface area contributed by atoms with E-state index in [4.69, 9.17) is 9.84 Å². The zero-order valence-electron chi connectivity index (χ0n) is 23.3.